The van der Waals surface area contributed by atoms with Gasteiger partial charge in [0.2, 0.25) is 0 Å². The molecule has 92 valence electrons. The molecule has 1 aromatic carbocycles. The number of carbonyl (C=O) groups is 1. The minimum absolute atomic E-state index is 0.193. The molecule has 17 heavy (non-hydrogen) atoms. The molecule has 4 heteroatoms. The summed E-state index contributed by atoms with van der Waals surface area (Å²) in [6.45, 7) is 0. The van der Waals surface area contributed by atoms with Crippen LogP contribution in [-0.2, 0) is 0 Å². The van der Waals surface area contributed by atoms with Gasteiger partial charge in [0.15, 0.2) is 0 Å². The number of benzene rings is 1. The lowest BCUT2D eigenvalue weighted by molar-refractivity contribution is 0.254. The summed E-state index contributed by atoms with van der Waals surface area (Å²) in [5.41, 5.74) is 1.93. The molecule has 0 aliphatic heterocycles. The van der Waals surface area contributed by atoms with Crippen LogP contribution in [-0.4, -0.2) is 19.1 Å². The van der Waals surface area contributed by atoms with E-state index in [1.54, 1.807) is 7.05 Å². The zero-order chi connectivity index (χ0) is 12.1. The Labute approximate surface area is 102 Å². The number of urea groups is 1. The lowest BCUT2D eigenvalue weighted by Gasteiger charge is -2.13. The van der Waals surface area contributed by atoms with E-state index in [9.17, 15) is 4.79 Å². The molecular formula is C13H19N3O. The molecule has 1 aromatic rings. The summed E-state index contributed by atoms with van der Waals surface area (Å²) in [7, 11) is 1.60. The Morgan fingerprint density at radius 1 is 1.12 bits per heavy atom. The average molecular weight is 233 g/mol. The normalized spacial score (nSPS) is 15.6. The first-order valence-electron chi connectivity index (χ1n) is 6.13. The number of hydrogen-bond acceptors (Lipinski definition) is 2. The van der Waals surface area contributed by atoms with E-state index in [2.05, 4.69) is 16.0 Å². The number of nitrogens with one attached hydrogen (secondary N) is 3. The molecule has 0 aromatic heterocycles. The fourth-order valence-electron chi connectivity index (χ4n) is 2.15. The summed E-state index contributed by atoms with van der Waals surface area (Å²) in [5.74, 6) is 0. The summed E-state index contributed by atoms with van der Waals surface area (Å²) < 4.78 is 0. The van der Waals surface area contributed by atoms with Crippen molar-refractivity contribution in [3.63, 3.8) is 0 Å². The van der Waals surface area contributed by atoms with E-state index in [0.717, 1.165) is 11.4 Å². The van der Waals surface area contributed by atoms with Gasteiger partial charge in [0, 0.05) is 24.5 Å². The van der Waals surface area contributed by atoms with Gasteiger partial charge >= 0.3 is 6.03 Å². The number of rotatable bonds is 3. The van der Waals surface area contributed by atoms with Crippen molar-refractivity contribution in [2.45, 2.75) is 31.7 Å². The van der Waals surface area contributed by atoms with Crippen molar-refractivity contribution in [3.8, 4) is 0 Å². The fourth-order valence-corrected chi connectivity index (χ4v) is 2.15. The number of carbonyl (C=O) groups excluding carboxylic acids is 1. The van der Waals surface area contributed by atoms with Gasteiger partial charge < -0.3 is 16.0 Å². The van der Waals surface area contributed by atoms with Crippen LogP contribution in [0.5, 0.6) is 0 Å². The Balaban J connectivity index is 1.90. The van der Waals surface area contributed by atoms with Crippen molar-refractivity contribution >= 4 is 17.4 Å². The summed E-state index contributed by atoms with van der Waals surface area (Å²) in [4.78, 5) is 11.1. The molecule has 1 aliphatic rings. The fraction of sp³-hybridized carbons (Fsp3) is 0.462. The van der Waals surface area contributed by atoms with Crippen molar-refractivity contribution in [1.29, 1.82) is 0 Å². The van der Waals surface area contributed by atoms with Crippen LogP contribution in [0.3, 0.4) is 0 Å². The summed E-state index contributed by atoms with van der Waals surface area (Å²) in [6.07, 6.45) is 5.18. The molecule has 4 nitrogen and oxygen atoms in total. The summed E-state index contributed by atoms with van der Waals surface area (Å²) in [6, 6.07) is 8.25. The molecule has 0 unspecified atom stereocenters. The minimum Gasteiger partial charge on any atom is -0.382 e. The third kappa shape index (κ3) is 3.37. The van der Waals surface area contributed by atoms with Gasteiger partial charge in [-0.25, -0.2) is 4.79 Å². The van der Waals surface area contributed by atoms with Crippen LogP contribution in [0.1, 0.15) is 25.7 Å². The van der Waals surface area contributed by atoms with E-state index in [4.69, 9.17) is 0 Å². The van der Waals surface area contributed by atoms with E-state index in [1.807, 2.05) is 24.3 Å². The van der Waals surface area contributed by atoms with Gasteiger partial charge in [-0.15, -0.1) is 0 Å². The minimum atomic E-state index is -0.193. The highest BCUT2D eigenvalue weighted by Crippen LogP contribution is 2.23. The highest BCUT2D eigenvalue weighted by Gasteiger charge is 2.14. The zero-order valence-electron chi connectivity index (χ0n) is 10.1. The quantitative estimate of drug-likeness (QED) is 0.752. The maximum atomic E-state index is 11.1. The largest absolute Gasteiger partial charge is 0.382 e. The molecule has 0 spiro atoms. The van der Waals surface area contributed by atoms with Crippen LogP contribution in [0.15, 0.2) is 24.3 Å². The second-order valence-corrected chi connectivity index (χ2v) is 4.41. The standard InChI is InChI=1S/C13H19N3O/c1-14-13(17)16-12-8-6-11(7-9-12)15-10-4-2-3-5-10/h6-10,15H,2-5H2,1H3,(H2,14,16,17). The molecule has 0 bridgehead atoms. The zero-order valence-corrected chi connectivity index (χ0v) is 10.1. The number of anilines is 2. The first kappa shape index (κ1) is 11.8. The topological polar surface area (TPSA) is 53.2 Å². The van der Waals surface area contributed by atoms with Gasteiger partial charge in [0.1, 0.15) is 0 Å². The average Bonchev–Trinajstić information content (AvgIpc) is 2.84. The molecule has 0 heterocycles. The highest BCUT2D eigenvalue weighted by molar-refractivity contribution is 5.89. The first-order valence-corrected chi connectivity index (χ1v) is 6.13. The first-order chi connectivity index (χ1) is 8.28. The Kier molecular flexibility index (Phi) is 3.85. The van der Waals surface area contributed by atoms with E-state index < -0.39 is 0 Å². The van der Waals surface area contributed by atoms with Crippen LogP contribution < -0.4 is 16.0 Å². The van der Waals surface area contributed by atoms with Gasteiger partial charge in [-0.2, -0.15) is 0 Å². The van der Waals surface area contributed by atoms with E-state index in [1.165, 1.54) is 25.7 Å². The van der Waals surface area contributed by atoms with Gasteiger partial charge in [-0.1, -0.05) is 12.8 Å². The molecule has 1 aliphatic carbocycles. The number of hydrogen-bond donors (Lipinski definition) is 3. The van der Waals surface area contributed by atoms with Crippen molar-refractivity contribution in [2.75, 3.05) is 17.7 Å². The molecular weight excluding hydrogens is 214 g/mol. The van der Waals surface area contributed by atoms with Gasteiger partial charge in [0.05, 0.1) is 0 Å². The molecule has 0 atom stereocenters. The third-order valence-corrected chi connectivity index (χ3v) is 3.10. The van der Waals surface area contributed by atoms with Gasteiger partial charge in [-0.05, 0) is 37.1 Å². The van der Waals surface area contributed by atoms with E-state index in [0.29, 0.717) is 6.04 Å². The molecule has 0 radical (unpaired) electrons. The van der Waals surface area contributed by atoms with Crippen molar-refractivity contribution in [1.82, 2.24) is 5.32 Å². The third-order valence-electron chi connectivity index (χ3n) is 3.10. The van der Waals surface area contributed by atoms with Crippen molar-refractivity contribution in [2.24, 2.45) is 0 Å². The molecule has 2 amide bonds. The van der Waals surface area contributed by atoms with Gasteiger partial charge in [-0.3, -0.25) is 0 Å². The Morgan fingerprint density at radius 3 is 2.29 bits per heavy atom. The molecule has 0 saturated heterocycles. The maximum Gasteiger partial charge on any atom is 0.318 e. The summed E-state index contributed by atoms with van der Waals surface area (Å²) >= 11 is 0. The van der Waals surface area contributed by atoms with E-state index in [-0.39, 0.29) is 6.03 Å². The molecule has 1 fully saturated rings. The molecule has 3 N–H and O–H groups in total. The Morgan fingerprint density at radius 2 is 1.71 bits per heavy atom. The predicted octanol–water partition coefficient (Wildman–Crippen LogP) is 2.79. The van der Waals surface area contributed by atoms with Crippen LogP contribution in [0.25, 0.3) is 0 Å². The number of amides is 2. The molecule has 1 saturated carbocycles. The lowest BCUT2D eigenvalue weighted by Crippen LogP contribution is -2.24. The van der Waals surface area contributed by atoms with Crippen molar-refractivity contribution < 1.29 is 4.79 Å². The van der Waals surface area contributed by atoms with Crippen LogP contribution >= 0.6 is 0 Å². The highest BCUT2D eigenvalue weighted by atomic mass is 16.2. The lowest BCUT2D eigenvalue weighted by atomic mass is 10.2. The second-order valence-electron chi connectivity index (χ2n) is 4.41. The molecule has 2 rings (SSSR count). The van der Waals surface area contributed by atoms with Crippen LogP contribution in [0, 0.1) is 0 Å². The Bertz CT molecular complexity index is 369. The van der Waals surface area contributed by atoms with Crippen LogP contribution in [0.4, 0.5) is 16.2 Å². The maximum absolute atomic E-state index is 11.1. The predicted molar refractivity (Wildman–Crippen MR) is 70.4 cm³/mol. The monoisotopic (exact) mass is 233 g/mol. The van der Waals surface area contributed by atoms with Gasteiger partial charge in [0.25, 0.3) is 0 Å². The Hall–Kier alpha value is -1.71. The van der Waals surface area contributed by atoms with Crippen molar-refractivity contribution in [3.05, 3.63) is 24.3 Å². The summed E-state index contributed by atoms with van der Waals surface area (Å²) in [5, 5.41) is 8.76. The SMILES string of the molecule is CNC(=O)Nc1ccc(NC2CCCC2)cc1. The second kappa shape index (κ2) is 5.57. The van der Waals surface area contributed by atoms with E-state index >= 15 is 0 Å². The van der Waals surface area contributed by atoms with Crippen LogP contribution in [0.2, 0.25) is 0 Å². The smallest absolute Gasteiger partial charge is 0.318 e.